The van der Waals surface area contributed by atoms with E-state index in [1.54, 1.807) is 0 Å². The van der Waals surface area contributed by atoms with Crippen molar-refractivity contribution in [1.82, 2.24) is 0 Å². The zero-order chi connectivity index (χ0) is 39.7. The summed E-state index contributed by atoms with van der Waals surface area (Å²) in [6.45, 7) is 10.2. The van der Waals surface area contributed by atoms with Gasteiger partial charge in [0.2, 0.25) is 0 Å². The maximum atomic E-state index is 11.9. The lowest BCUT2D eigenvalue weighted by Crippen LogP contribution is -2.25. The van der Waals surface area contributed by atoms with Crippen molar-refractivity contribution in [3.63, 3.8) is 0 Å². The Morgan fingerprint density at radius 3 is 1.36 bits per heavy atom. The van der Waals surface area contributed by atoms with E-state index in [4.69, 9.17) is 23.7 Å². The van der Waals surface area contributed by atoms with Crippen molar-refractivity contribution >= 4 is 40.1 Å². The average molecular weight is 806 g/mol. The first-order valence-electron chi connectivity index (χ1n) is 17.5. The van der Waals surface area contributed by atoms with Gasteiger partial charge in [0.25, 0.3) is 0 Å². The molecule has 3 aromatic carbocycles. The number of halogens is 1. The van der Waals surface area contributed by atoms with Crippen LogP contribution in [0.4, 0.5) is 0 Å². The summed E-state index contributed by atoms with van der Waals surface area (Å²) < 4.78 is 35.3. The van der Waals surface area contributed by atoms with E-state index in [0.717, 1.165) is 28.3 Å². The zero-order valence-electron chi connectivity index (χ0n) is 32.1. The molecule has 3 rings (SSSR count). The van der Waals surface area contributed by atoms with E-state index in [2.05, 4.69) is 25.4 Å². The summed E-state index contributed by atoms with van der Waals surface area (Å²) in [6.07, 6.45) is 1.25. The second-order valence-corrected chi connectivity index (χ2v) is 11.3. The molecule has 53 heavy (non-hydrogen) atoms. The smallest absolute Gasteiger partial charge is 0.313 e. The number of carbonyl (C=O) groups excluding carboxylic acids is 4. The molecule has 0 aromatic heterocycles. The molecule has 0 saturated heterocycles. The van der Waals surface area contributed by atoms with Gasteiger partial charge in [-0.05, 0) is 44.4 Å². The molecule has 11 nitrogen and oxygen atoms in total. The molecule has 3 aromatic rings. The van der Waals surface area contributed by atoms with Crippen LogP contribution < -0.4 is 0 Å². The predicted molar refractivity (Wildman–Crippen MR) is 208 cm³/mol. The van der Waals surface area contributed by atoms with Gasteiger partial charge in [-0.15, -0.1) is 0 Å². The van der Waals surface area contributed by atoms with Gasteiger partial charge in [-0.1, -0.05) is 107 Å². The van der Waals surface area contributed by atoms with E-state index >= 15 is 0 Å². The van der Waals surface area contributed by atoms with Crippen molar-refractivity contribution in [2.24, 2.45) is 0 Å². The van der Waals surface area contributed by atoms with Gasteiger partial charge in [-0.25, -0.2) is 0 Å². The minimum Gasteiger partial charge on any atom is -0.469 e. The second kappa shape index (κ2) is 32.7. The molecule has 0 heterocycles. The Balaban J connectivity index is 0.000000708. The lowest BCUT2D eigenvalue weighted by atomic mass is 9.95. The normalized spacial score (nSPS) is 11.3. The van der Waals surface area contributed by atoms with Crippen LogP contribution in [0.15, 0.2) is 91.0 Å². The third kappa shape index (κ3) is 22.7. The van der Waals surface area contributed by atoms with Gasteiger partial charge >= 0.3 is 17.9 Å². The first kappa shape index (κ1) is 49.1. The van der Waals surface area contributed by atoms with Gasteiger partial charge in [0.15, 0.2) is 12.6 Å². The summed E-state index contributed by atoms with van der Waals surface area (Å²) in [7, 11) is 4.11. The number of rotatable bonds is 19. The fraction of sp³-hybridized carbons (Fsp3) is 0.463. The lowest BCUT2D eigenvalue weighted by molar-refractivity contribution is -0.157. The fourth-order valence-electron chi connectivity index (χ4n) is 4.58. The quantitative estimate of drug-likeness (QED) is 0.0394. The molecule has 0 spiro atoms. The molecule has 0 fully saturated rings. The summed E-state index contributed by atoms with van der Waals surface area (Å²) in [5.74, 6) is -1.68. The summed E-state index contributed by atoms with van der Waals surface area (Å²) in [4.78, 5) is 44.4. The Bertz CT molecular complexity index is 1330. The molecule has 0 N–H and O–H groups in total. The average Bonchev–Trinajstić information content (AvgIpc) is 3.20. The van der Waals surface area contributed by atoms with Gasteiger partial charge in [0, 0.05) is 39.3 Å². The van der Waals surface area contributed by atoms with Crippen LogP contribution >= 0.6 is 15.9 Å². The van der Waals surface area contributed by atoms with Crippen LogP contribution in [-0.2, 0) is 58.8 Å². The number of benzene rings is 3. The summed E-state index contributed by atoms with van der Waals surface area (Å²) in [6, 6.07) is 28.2. The first-order valence-corrected chi connectivity index (χ1v) is 18.6. The molecule has 2 unspecified atom stereocenters. The SMILES string of the molecule is CCOC(CBr)OCC.CCOC(CC(C(=O)OC)c1ccccc1)OCC.COC(=O)C(CC=O)c1ccccc1.COC(=O)Cc1ccccc1. The monoisotopic (exact) mass is 804 g/mol. The third-order valence-corrected chi connectivity index (χ3v) is 7.62. The van der Waals surface area contributed by atoms with E-state index in [1.165, 1.54) is 21.3 Å². The molecule has 0 aliphatic carbocycles. The van der Waals surface area contributed by atoms with Crippen molar-refractivity contribution < 1.29 is 52.3 Å². The number of hydrogen-bond acceptors (Lipinski definition) is 11. The molecule has 2 atom stereocenters. The Morgan fingerprint density at radius 1 is 0.585 bits per heavy atom. The summed E-state index contributed by atoms with van der Waals surface area (Å²) in [5.41, 5.74) is 2.71. The highest BCUT2D eigenvalue weighted by molar-refractivity contribution is 9.09. The summed E-state index contributed by atoms with van der Waals surface area (Å²) >= 11 is 3.27. The Morgan fingerprint density at radius 2 is 0.981 bits per heavy atom. The van der Waals surface area contributed by atoms with Gasteiger partial charge in [0.05, 0.1) is 44.9 Å². The van der Waals surface area contributed by atoms with Crippen molar-refractivity contribution in [3.8, 4) is 0 Å². The number of alkyl halides is 1. The highest BCUT2D eigenvalue weighted by atomic mass is 79.9. The van der Waals surface area contributed by atoms with Crippen molar-refractivity contribution in [2.45, 2.75) is 71.4 Å². The van der Waals surface area contributed by atoms with Crippen LogP contribution in [-0.4, -0.2) is 89.9 Å². The van der Waals surface area contributed by atoms with Gasteiger partial charge in [-0.3, -0.25) is 14.4 Å². The number of esters is 3. The van der Waals surface area contributed by atoms with Crippen LogP contribution in [0.3, 0.4) is 0 Å². The Kier molecular flexibility index (Phi) is 30.3. The Labute approximate surface area is 323 Å². The highest BCUT2D eigenvalue weighted by Crippen LogP contribution is 2.24. The van der Waals surface area contributed by atoms with Crippen LogP contribution in [0.5, 0.6) is 0 Å². The van der Waals surface area contributed by atoms with E-state index in [-0.39, 0.29) is 42.8 Å². The fourth-order valence-corrected chi connectivity index (χ4v) is 4.95. The highest BCUT2D eigenvalue weighted by Gasteiger charge is 2.26. The molecule has 0 amide bonds. The summed E-state index contributed by atoms with van der Waals surface area (Å²) in [5, 5.41) is 0.745. The molecule has 0 aliphatic rings. The van der Waals surface area contributed by atoms with Crippen LogP contribution in [0, 0.1) is 0 Å². The lowest BCUT2D eigenvalue weighted by Gasteiger charge is -2.22. The Hall–Kier alpha value is -3.94. The minimum absolute atomic E-state index is 0.0694. The van der Waals surface area contributed by atoms with Crippen molar-refractivity contribution in [2.75, 3.05) is 53.1 Å². The van der Waals surface area contributed by atoms with Gasteiger partial charge < -0.3 is 38.0 Å². The van der Waals surface area contributed by atoms with E-state index < -0.39 is 5.92 Å². The van der Waals surface area contributed by atoms with E-state index in [0.29, 0.717) is 39.3 Å². The standard InChI is InChI=1S/C15H22O4.C11H12O3.C9H10O2.C6H13BrO2/c1-4-18-14(19-5-2)11-13(15(16)17-3)12-9-7-6-8-10-12;1-14-11(13)10(7-8-12)9-5-3-2-4-6-9;1-11-9(10)7-8-5-3-2-4-6-8;1-3-8-6(5-7)9-4-2/h6-10,13-14H,4-5,11H2,1-3H3;2-6,8,10H,7H2,1H3;2-6H,7H2,1H3;6H,3-5H2,1-2H3. The molecule has 0 radical (unpaired) electrons. The molecule has 0 bridgehead atoms. The number of aldehydes is 1. The topological polar surface area (TPSA) is 133 Å². The molecular formula is C41H57BrO11. The largest absolute Gasteiger partial charge is 0.469 e. The maximum absolute atomic E-state index is 11.9. The van der Waals surface area contributed by atoms with E-state index in [9.17, 15) is 19.2 Å². The molecule has 0 aliphatic heterocycles. The number of hydrogen-bond donors (Lipinski definition) is 0. The minimum atomic E-state index is -0.473. The molecule has 0 saturated carbocycles. The van der Waals surface area contributed by atoms with Crippen LogP contribution in [0.1, 0.15) is 69.1 Å². The first-order chi connectivity index (χ1) is 25.7. The van der Waals surface area contributed by atoms with Crippen LogP contribution in [0.25, 0.3) is 0 Å². The van der Waals surface area contributed by atoms with Crippen molar-refractivity contribution in [1.29, 1.82) is 0 Å². The third-order valence-electron chi connectivity index (χ3n) is 7.09. The molecule has 12 heteroatoms. The molecular weight excluding hydrogens is 748 g/mol. The number of carbonyl (C=O) groups is 4. The molecule has 294 valence electrons. The number of ether oxygens (including phenoxy) is 7. The second-order valence-electron chi connectivity index (χ2n) is 10.7. The maximum Gasteiger partial charge on any atom is 0.313 e. The number of methoxy groups -OCH3 is 3. The van der Waals surface area contributed by atoms with Crippen LogP contribution in [0.2, 0.25) is 0 Å². The van der Waals surface area contributed by atoms with E-state index in [1.807, 2.05) is 119 Å². The zero-order valence-corrected chi connectivity index (χ0v) is 33.7. The van der Waals surface area contributed by atoms with Gasteiger partial charge in [-0.2, -0.15) is 0 Å². The van der Waals surface area contributed by atoms with Gasteiger partial charge in [0.1, 0.15) is 6.29 Å². The van der Waals surface area contributed by atoms with Crippen molar-refractivity contribution in [3.05, 3.63) is 108 Å². The predicted octanol–water partition coefficient (Wildman–Crippen LogP) is 7.45.